The Morgan fingerprint density at radius 2 is 2.38 bits per heavy atom. The van der Waals surface area contributed by atoms with Gasteiger partial charge in [-0.1, -0.05) is 0 Å². The van der Waals surface area contributed by atoms with Crippen molar-refractivity contribution in [2.75, 3.05) is 13.7 Å². The monoisotopic (exact) mass is 226 g/mol. The van der Waals surface area contributed by atoms with Crippen molar-refractivity contribution in [2.45, 2.75) is 12.3 Å². The first-order valence-electron chi connectivity index (χ1n) is 4.84. The van der Waals surface area contributed by atoms with Crippen LogP contribution in [0.1, 0.15) is 18.0 Å². The molecule has 0 aliphatic heterocycles. The maximum Gasteiger partial charge on any atom is 0.306 e. The average Bonchev–Trinajstić information content (AvgIpc) is 2.62. The van der Waals surface area contributed by atoms with Crippen LogP contribution >= 0.6 is 0 Å². The van der Waals surface area contributed by atoms with Crippen LogP contribution in [0.25, 0.3) is 0 Å². The van der Waals surface area contributed by atoms with Crippen LogP contribution < -0.4 is 0 Å². The number of hydrogen-bond acceptors (Lipinski definition) is 4. The molecule has 6 heteroatoms. The molecule has 0 saturated heterocycles. The topological polar surface area (TPSA) is 74.4 Å². The molecule has 6 nitrogen and oxygen atoms in total. The molecule has 0 amide bonds. The Hall–Kier alpha value is -1.85. The summed E-state index contributed by atoms with van der Waals surface area (Å²) in [6.07, 6.45) is 1.81. The summed E-state index contributed by atoms with van der Waals surface area (Å²) in [5, 5.41) is 10.5. The second-order valence-electron chi connectivity index (χ2n) is 3.54. The molecular formula is C10H14N2O4. The summed E-state index contributed by atoms with van der Waals surface area (Å²) in [6.45, 7) is -0.271. The second-order valence-corrected chi connectivity index (χ2v) is 3.54. The molecular weight excluding hydrogens is 212 g/mol. The minimum atomic E-state index is -0.442. The quantitative estimate of drug-likeness (QED) is 0.425. The van der Waals surface area contributed by atoms with Gasteiger partial charge < -0.3 is 9.30 Å². The first-order chi connectivity index (χ1) is 7.54. The summed E-state index contributed by atoms with van der Waals surface area (Å²) >= 11 is 0. The van der Waals surface area contributed by atoms with Crippen molar-refractivity contribution < 1.29 is 14.5 Å². The van der Waals surface area contributed by atoms with E-state index in [-0.39, 0.29) is 13.0 Å². The smallest absolute Gasteiger partial charge is 0.306 e. The number of nitro groups is 1. The van der Waals surface area contributed by atoms with Crippen LogP contribution in [0.5, 0.6) is 0 Å². The van der Waals surface area contributed by atoms with Gasteiger partial charge in [0.15, 0.2) is 0 Å². The molecule has 88 valence electrons. The van der Waals surface area contributed by atoms with Crippen molar-refractivity contribution in [1.82, 2.24) is 4.57 Å². The normalized spacial score (nSPS) is 12.1. The molecule has 0 aromatic carbocycles. The van der Waals surface area contributed by atoms with E-state index < -0.39 is 16.8 Å². The maximum absolute atomic E-state index is 11.2. The fraction of sp³-hybridized carbons (Fsp3) is 0.500. The number of hydrogen-bond donors (Lipinski definition) is 0. The summed E-state index contributed by atoms with van der Waals surface area (Å²) < 4.78 is 6.30. The van der Waals surface area contributed by atoms with Crippen LogP contribution in [-0.2, 0) is 16.6 Å². The van der Waals surface area contributed by atoms with E-state index >= 15 is 0 Å². The van der Waals surface area contributed by atoms with Crippen LogP contribution in [0.3, 0.4) is 0 Å². The lowest BCUT2D eigenvalue weighted by molar-refractivity contribution is -0.483. The fourth-order valence-electron chi connectivity index (χ4n) is 1.63. The Labute approximate surface area is 93.0 Å². The third-order valence-corrected chi connectivity index (χ3v) is 2.41. The Morgan fingerprint density at radius 1 is 1.69 bits per heavy atom. The number of aromatic nitrogens is 1. The highest BCUT2D eigenvalue weighted by molar-refractivity contribution is 5.70. The van der Waals surface area contributed by atoms with Crippen LogP contribution in [0.15, 0.2) is 18.3 Å². The van der Waals surface area contributed by atoms with Crippen molar-refractivity contribution >= 4 is 5.97 Å². The van der Waals surface area contributed by atoms with Gasteiger partial charge in [0, 0.05) is 23.9 Å². The van der Waals surface area contributed by atoms with E-state index in [1.807, 2.05) is 0 Å². The van der Waals surface area contributed by atoms with E-state index in [4.69, 9.17) is 0 Å². The van der Waals surface area contributed by atoms with Crippen molar-refractivity contribution in [2.24, 2.45) is 7.05 Å². The van der Waals surface area contributed by atoms with Gasteiger partial charge in [0.2, 0.25) is 6.54 Å². The average molecular weight is 226 g/mol. The number of carbonyl (C=O) groups is 1. The van der Waals surface area contributed by atoms with E-state index in [1.54, 1.807) is 29.9 Å². The summed E-state index contributed by atoms with van der Waals surface area (Å²) in [6, 6.07) is 3.57. The lowest BCUT2D eigenvalue weighted by atomic mass is 10.0. The Balaban J connectivity index is 2.83. The number of esters is 1. The summed E-state index contributed by atoms with van der Waals surface area (Å²) in [5.41, 5.74) is 0.766. The number of methoxy groups -OCH3 is 1. The molecule has 1 unspecified atom stereocenters. The van der Waals surface area contributed by atoms with Crippen LogP contribution in [0.2, 0.25) is 0 Å². The molecule has 0 fully saturated rings. The first kappa shape index (κ1) is 12.2. The number of rotatable bonds is 5. The van der Waals surface area contributed by atoms with Gasteiger partial charge in [-0.25, -0.2) is 0 Å². The molecule has 0 aliphatic carbocycles. The van der Waals surface area contributed by atoms with Gasteiger partial charge in [-0.15, -0.1) is 0 Å². The molecule has 0 radical (unpaired) electrons. The zero-order valence-corrected chi connectivity index (χ0v) is 9.25. The highest BCUT2D eigenvalue weighted by atomic mass is 16.6. The third kappa shape index (κ3) is 3.08. The molecule has 1 atom stereocenters. The molecule has 0 saturated carbocycles. The van der Waals surface area contributed by atoms with E-state index in [0.29, 0.717) is 0 Å². The zero-order chi connectivity index (χ0) is 12.1. The van der Waals surface area contributed by atoms with Crippen molar-refractivity contribution in [3.63, 3.8) is 0 Å². The van der Waals surface area contributed by atoms with Gasteiger partial charge in [-0.3, -0.25) is 14.9 Å². The summed E-state index contributed by atoms with van der Waals surface area (Å²) in [5.74, 6) is -0.879. The van der Waals surface area contributed by atoms with Crippen molar-refractivity contribution in [3.05, 3.63) is 34.1 Å². The molecule has 1 aromatic heterocycles. The first-order valence-corrected chi connectivity index (χ1v) is 4.84. The minimum Gasteiger partial charge on any atom is -0.469 e. The van der Waals surface area contributed by atoms with E-state index in [9.17, 15) is 14.9 Å². The number of ether oxygens (including phenoxy) is 1. The highest BCUT2D eigenvalue weighted by Gasteiger charge is 2.23. The molecule has 1 rings (SSSR count). The third-order valence-electron chi connectivity index (χ3n) is 2.41. The molecule has 0 aliphatic rings. The van der Waals surface area contributed by atoms with Gasteiger partial charge >= 0.3 is 5.97 Å². The Kier molecular flexibility index (Phi) is 4.04. The van der Waals surface area contributed by atoms with Gasteiger partial charge in [0.1, 0.15) is 0 Å². The Morgan fingerprint density at radius 3 is 2.81 bits per heavy atom. The van der Waals surface area contributed by atoms with E-state index in [1.165, 1.54) is 7.11 Å². The standard InChI is InChI=1S/C10H14N2O4/c1-11-5-3-4-9(11)8(7-12(14)15)6-10(13)16-2/h3-5,8H,6-7H2,1-2H3. The van der Waals surface area contributed by atoms with Gasteiger partial charge in [-0.2, -0.15) is 0 Å². The lowest BCUT2D eigenvalue weighted by Crippen LogP contribution is -2.19. The number of nitrogens with zero attached hydrogens (tertiary/aromatic N) is 2. The van der Waals surface area contributed by atoms with Gasteiger partial charge in [0.05, 0.1) is 19.4 Å². The zero-order valence-electron chi connectivity index (χ0n) is 9.25. The molecule has 1 heterocycles. The molecule has 0 bridgehead atoms. The minimum absolute atomic E-state index is 0.0231. The fourth-order valence-corrected chi connectivity index (χ4v) is 1.63. The van der Waals surface area contributed by atoms with Crippen LogP contribution in [0, 0.1) is 10.1 Å². The molecule has 16 heavy (non-hydrogen) atoms. The number of carbonyl (C=O) groups excluding carboxylic acids is 1. The maximum atomic E-state index is 11.2. The highest BCUT2D eigenvalue weighted by Crippen LogP contribution is 2.20. The van der Waals surface area contributed by atoms with Crippen molar-refractivity contribution in [3.8, 4) is 0 Å². The predicted molar refractivity (Wildman–Crippen MR) is 56.6 cm³/mol. The second kappa shape index (κ2) is 5.29. The van der Waals surface area contributed by atoms with Crippen LogP contribution in [-0.4, -0.2) is 29.1 Å². The Bertz CT molecular complexity index is 386. The van der Waals surface area contributed by atoms with Crippen molar-refractivity contribution in [1.29, 1.82) is 0 Å². The predicted octanol–water partition coefficient (Wildman–Crippen LogP) is 0.949. The van der Waals surface area contributed by atoms with E-state index in [0.717, 1.165) is 5.69 Å². The molecule has 1 aromatic rings. The molecule has 0 spiro atoms. The SMILES string of the molecule is COC(=O)CC(C[N+](=O)[O-])c1cccn1C. The summed E-state index contributed by atoms with van der Waals surface area (Å²) in [7, 11) is 3.07. The van der Waals surface area contributed by atoms with E-state index in [2.05, 4.69) is 4.74 Å². The van der Waals surface area contributed by atoms with Gasteiger partial charge in [-0.05, 0) is 12.1 Å². The summed E-state index contributed by atoms with van der Waals surface area (Å²) in [4.78, 5) is 21.3. The lowest BCUT2D eigenvalue weighted by Gasteiger charge is -2.12. The van der Waals surface area contributed by atoms with Gasteiger partial charge in [0.25, 0.3) is 0 Å². The number of aryl methyl sites for hydroxylation is 1. The van der Waals surface area contributed by atoms with Crippen LogP contribution in [0.4, 0.5) is 0 Å². The largest absolute Gasteiger partial charge is 0.469 e. The molecule has 0 N–H and O–H groups in total.